The SMILES string of the molecule is CCCOc1cncc(NCC(Cl)c2ccccc2)n1. The molecule has 0 amide bonds. The maximum atomic E-state index is 6.34. The quantitative estimate of drug-likeness (QED) is 0.791. The minimum Gasteiger partial charge on any atom is -0.477 e. The molecule has 20 heavy (non-hydrogen) atoms. The standard InChI is InChI=1S/C15H18ClN3O/c1-2-8-20-15-11-17-10-14(19-15)18-9-13(16)12-6-4-3-5-7-12/h3-7,10-11,13H,2,8-9H2,1H3,(H,18,19). The van der Waals surface area contributed by atoms with E-state index in [4.69, 9.17) is 16.3 Å². The Bertz CT molecular complexity index is 522. The number of nitrogens with one attached hydrogen (secondary N) is 1. The van der Waals surface area contributed by atoms with Crippen LogP contribution in [0.2, 0.25) is 0 Å². The zero-order valence-electron chi connectivity index (χ0n) is 11.4. The monoisotopic (exact) mass is 291 g/mol. The molecule has 1 N–H and O–H groups in total. The number of anilines is 1. The zero-order valence-corrected chi connectivity index (χ0v) is 12.2. The lowest BCUT2D eigenvalue weighted by Crippen LogP contribution is -2.10. The van der Waals surface area contributed by atoms with Crippen molar-refractivity contribution < 1.29 is 4.74 Å². The van der Waals surface area contributed by atoms with Crippen LogP contribution < -0.4 is 10.1 Å². The van der Waals surface area contributed by atoms with Crippen LogP contribution in [-0.4, -0.2) is 23.1 Å². The van der Waals surface area contributed by atoms with Crippen LogP contribution in [0.4, 0.5) is 5.82 Å². The maximum Gasteiger partial charge on any atom is 0.234 e. The van der Waals surface area contributed by atoms with E-state index in [9.17, 15) is 0 Å². The fourth-order valence-electron chi connectivity index (χ4n) is 1.68. The van der Waals surface area contributed by atoms with Crippen LogP contribution in [0.3, 0.4) is 0 Å². The van der Waals surface area contributed by atoms with Gasteiger partial charge in [-0.05, 0) is 12.0 Å². The van der Waals surface area contributed by atoms with E-state index in [2.05, 4.69) is 15.3 Å². The number of nitrogens with zero attached hydrogens (tertiary/aromatic N) is 2. The normalized spacial score (nSPS) is 11.9. The third kappa shape index (κ3) is 4.38. The van der Waals surface area contributed by atoms with Gasteiger partial charge >= 0.3 is 0 Å². The molecule has 2 rings (SSSR count). The van der Waals surface area contributed by atoms with Crippen molar-refractivity contribution in [1.82, 2.24) is 9.97 Å². The molecule has 5 heteroatoms. The molecule has 1 aromatic heterocycles. The first-order valence-corrected chi connectivity index (χ1v) is 7.11. The summed E-state index contributed by atoms with van der Waals surface area (Å²) >= 11 is 6.34. The van der Waals surface area contributed by atoms with Crippen LogP contribution in [0, 0.1) is 0 Å². The van der Waals surface area contributed by atoms with Gasteiger partial charge in [0.1, 0.15) is 5.82 Å². The molecular weight excluding hydrogens is 274 g/mol. The van der Waals surface area contributed by atoms with Crippen molar-refractivity contribution in [2.75, 3.05) is 18.5 Å². The van der Waals surface area contributed by atoms with Crippen molar-refractivity contribution >= 4 is 17.4 Å². The van der Waals surface area contributed by atoms with E-state index >= 15 is 0 Å². The second kappa shape index (κ2) is 7.70. The molecule has 0 spiro atoms. The average Bonchev–Trinajstić information content (AvgIpc) is 2.52. The minimum absolute atomic E-state index is 0.113. The molecule has 1 heterocycles. The topological polar surface area (TPSA) is 47.0 Å². The highest BCUT2D eigenvalue weighted by Gasteiger charge is 2.07. The first-order chi connectivity index (χ1) is 9.79. The number of halogens is 1. The molecular formula is C15H18ClN3O. The van der Waals surface area contributed by atoms with E-state index in [1.807, 2.05) is 37.3 Å². The highest BCUT2D eigenvalue weighted by Crippen LogP contribution is 2.20. The van der Waals surface area contributed by atoms with Gasteiger partial charge in [-0.25, -0.2) is 0 Å². The zero-order chi connectivity index (χ0) is 14.2. The third-order valence-corrected chi connectivity index (χ3v) is 3.10. The smallest absolute Gasteiger partial charge is 0.234 e. The minimum atomic E-state index is -0.113. The van der Waals surface area contributed by atoms with Gasteiger partial charge in [-0.15, -0.1) is 11.6 Å². The number of hydrogen-bond acceptors (Lipinski definition) is 4. The summed E-state index contributed by atoms with van der Waals surface area (Å²) in [5, 5.41) is 3.06. The van der Waals surface area contributed by atoms with Gasteiger partial charge in [-0.3, -0.25) is 4.98 Å². The van der Waals surface area contributed by atoms with Crippen LogP contribution in [0.1, 0.15) is 24.3 Å². The Balaban J connectivity index is 1.90. The van der Waals surface area contributed by atoms with Crippen LogP contribution in [0.15, 0.2) is 42.7 Å². The van der Waals surface area contributed by atoms with Crippen molar-refractivity contribution in [3.8, 4) is 5.88 Å². The number of hydrogen-bond donors (Lipinski definition) is 1. The maximum absolute atomic E-state index is 6.34. The van der Waals surface area contributed by atoms with E-state index in [-0.39, 0.29) is 5.38 Å². The van der Waals surface area contributed by atoms with Crippen LogP contribution in [0.5, 0.6) is 5.88 Å². The molecule has 1 atom stereocenters. The summed E-state index contributed by atoms with van der Waals surface area (Å²) in [6.07, 6.45) is 4.21. The van der Waals surface area contributed by atoms with E-state index in [0.29, 0.717) is 24.8 Å². The van der Waals surface area contributed by atoms with Gasteiger partial charge in [0.15, 0.2) is 0 Å². The van der Waals surface area contributed by atoms with E-state index < -0.39 is 0 Å². The summed E-state index contributed by atoms with van der Waals surface area (Å²) in [4.78, 5) is 8.42. The van der Waals surface area contributed by atoms with Gasteiger partial charge in [-0.2, -0.15) is 4.98 Å². The lowest BCUT2D eigenvalue weighted by molar-refractivity contribution is 0.304. The lowest BCUT2D eigenvalue weighted by Gasteiger charge is -2.12. The number of aromatic nitrogens is 2. The molecule has 1 aromatic carbocycles. The Morgan fingerprint density at radius 3 is 2.80 bits per heavy atom. The predicted molar refractivity (Wildman–Crippen MR) is 81.3 cm³/mol. The highest BCUT2D eigenvalue weighted by atomic mass is 35.5. The van der Waals surface area contributed by atoms with Crippen molar-refractivity contribution in [3.05, 3.63) is 48.3 Å². The van der Waals surface area contributed by atoms with Crippen molar-refractivity contribution in [1.29, 1.82) is 0 Å². The van der Waals surface area contributed by atoms with E-state index in [1.54, 1.807) is 12.4 Å². The average molecular weight is 292 g/mol. The first kappa shape index (κ1) is 14.6. The van der Waals surface area contributed by atoms with Gasteiger partial charge in [-0.1, -0.05) is 37.3 Å². The molecule has 0 radical (unpaired) electrons. The summed E-state index contributed by atoms with van der Waals surface area (Å²) in [5.41, 5.74) is 1.08. The summed E-state index contributed by atoms with van der Waals surface area (Å²) < 4.78 is 5.44. The largest absolute Gasteiger partial charge is 0.477 e. The molecule has 106 valence electrons. The summed E-state index contributed by atoms with van der Waals surface area (Å²) in [7, 11) is 0. The Morgan fingerprint density at radius 1 is 1.25 bits per heavy atom. The van der Waals surface area contributed by atoms with Crippen molar-refractivity contribution in [2.24, 2.45) is 0 Å². The molecule has 0 fully saturated rings. The van der Waals surface area contributed by atoms with Gasteiger partial charge in [0.05, 0.1) is 24.4 Å². The molecule has 0 saturated heterocycles. The lowest BCUT2D eigenvalue weighted by atomic mass is 10.1. The van der Waals surface area contributed by atoms with Gasteiger partial charge in [0.2, 0.25) is 5.88 Å². The third-order valence-electron chi connectivity index (χ3n) is 2.69. The van der Waals surface area contributed by atoms with Gasteiger partial charge in [0, 0.05) is 6.54 Å². The fourth-order valence-corrected chi connectivity index (χ4v) is 1.91. The molecule has 2 aromatic rings. The molecule has 0 aliphatic rings. The molecule has 0 bridgehead atoms. The van der Waals surface area contributed by atoms with Gasteiger partial charge < -0.3 is 10.1 Å². The molecule has 0 aliphatic heterocycles. The number of alkyl halides is 1. The van der Waals surface area contributed by atoms with E-state index in [1.165, 1.54) is 0 Å². The van der Waals surface area contributed by atoms with Crippen LogP contribution in [-0.2, 0) is 0 Å². The summed E-state index contributed by atoms with van der Waals surface area (Å²) in [6.45, 7) is 3.27. The second-order valence-electron chi connectivity index (χ2n) is 4.35. The van der Waals surface area contributed by atoms with Crippen LogP contribution in [0.25, 0.3) is 0 Å². The highest BCUT2D eigenvalue weighted by molar-refractivity contribution is 6.21. The number of rotatable bonds is 7. The van der Waals surface area contributed by atoms with Crippen LogP contribution >= 0.6 is 11.6 Å². The van der Waals surface area contributed by atoms with Gasteiger partial charge in [0.25, 0.3) is 0 Å². The summed E-state index contributed by atoms with van der Waals surface area (Å²) in [5.74, 6) is 1.20. The Kier molecular flexibility index (Phi) is 5.62. The molecule has 0 aliphatic carbocycles. The predicted octanol–water partition coefficient (Wildman–Crippen LogP) is 3.66. The van der Waals surface area contributed by atoms with Crippen molar-refractivity contribution in [3.63, 3.8) is 0 Å². The molecule has 1 unspecified atom stereocenters. The molecule has 0 saturated carbocycles. The van der Waals surface area contributed by atoms with E-state index in [0.717, 1.165) is 12.0 Å². The van der Waals surface area contributed by atoms with Crippen molar-refractivity contribution in [2.45, 2.75) is 18.7 Å². The molecule has 4 nitrogen and oxygen atoms in total. The number of benzene rings is 1. The fraction of sp³-hybridized carbons (Fsp3) is 0.333. The Morgan fingerprint density at radius 2 is 2.05 bits per heavy atom. The Hall–Kier alpha value is -1.81. The first-order valence-electron chi connectivity index (χ1n) is 6.67. The second-order valence-corrected chi connectivity index (χ2v) is 4.88. The number of ether oxygens (including phenoxy) is 1. The summed E-state index contributed by atoms with van der Waals surface area (Å²) in [6, 6.07) is 9.94. The Labute approximate surface area is 124 Å².